The number of rotatable bonds is 8. The van der Waals surface area contributed by atoms with E-state index >= 15 is 0 Å². The maximum Gasteiger partial charge on any atom is 0.264 e. The van der Waals surface area contributed by atoms with Crippen molar-refractivity contribution in [2.24, 2.45) is 0 Å². The Labute approximate surface area is 198 Å². The van der Waals surface area contributed by atoms with Crippen LogP contribution in [0.5, 0.6) is 0 Å². The first kappa shape index (κ1) is 24.0. The Morgan fingerprint density at radius 1 is 0.969 bits per heavy atom. The summed E-state index contributed by atoms with van der Waals surface area (Å²) >= 11 is 3.39. The third-order valence-electron chi connectivity index (χ3n) is 4.96. The minimum Gasteiger partial charge on any atom is -0.349 e. The summed E-state index contributed by atoms with van der Waals surface area (Å²) in [5.74, 6) is -0.374. The van der Waals surface area contributed by atoms with Crippen LogP contribution in [0.3, 0.4) is 0 Å². The van der Waals surface area contributed by atoms with Crippen LogP contribution in [0, 0.1) is 6.92 Å². The quantitative estimate of drug-likeness (QED) is 0.455. The van der Waals surface area contributed by atoms with Crippen LogP contribution in [0.4, 0.5) is 5.69 Å². The smallest absolute Gasteiger partial charge is 0.264 e. The summed E-state index contributed by atoms with van der Waals surface area (Å²) in [4.78, 5) is 13.2. The molecule has 0 spiro atoms. The summed E-state index contributed by atoms with van der Waals surface area (Å²) < 4.78 is 28.8. The summed E-state index contributed by atoms with van der Waals surface area (Å²) in [6, 6.07) is 23.4. The number of sulfonamides is 1. The molecule has 32 heavy (non-hydrogen) atoms. The van der Waals surface area contributed by atoms with Crippen molar-refractivity contribution in [1.29, 1.82) is 0 Å². The van der Waals surface area contributed by atoms with E-state index in [1.54, 1.807) is 42.5 Å². The monoisotopic (exact) mass is 514 g/mol. The Morgan fingerprint density at radius 2 is 1.62 bits per heavy atom. The van der Waals surface area contributed by atoms with Crippen molar-refractivity contribution in [1.82, 2.24) is 5.32 Å². The first-order valence-corrected chi connectivity index (χ1v) is 12.5. The van der Waals surface area contributed by atoms with Crippen LogP contribution in [-0.2, 0) is 21.2 Å². The number of hydrogen-bond acceptors (Lipinski definition) is 3. The average molecular weight is 515 g/mol. The van der Waals surface area contributed by atoms with Crippen molar-refractivity contribution in [3.63, 3.8) is 0 Å². The van der Waals surface area contributed by atoms with Gasteiger partial charge < -0.3 is 5.32 Å². The van der Waals surface area contributed by atoms with E-state index in [2.05, 4.69) is 21.2 Å². The fourth-order valence-corrected chi connectivity index (χ4v) is 5.28. The molecule has 0 aliphatic heterocycles. The molecule has 0 aliphatic rings. The van der Waals surface area contributed by atoms with Crippen LogP contribution >= 0.6 is 15.9 Å². The molecule has 0 saturated carbocycles. The molecule has 3 aromatic rings. The molecule has 0 heterocycles. The third kappa shape index (κ3) is 6.20. The number of benzene rings is 3. The number of nitrogens with zero attached hydrogens (tertiary/aromatic N) is 1. The predicted molar refractivity (Wildman–Crippen MR) is 132 cm³/mol. The molecule has 0 radical (unpaired) electrons. The molecular formula is C25H27BrN2O3S. The van der Waals surface area contributed by atoms with E-state index in [1.807, 2.05) is 57.2 Å². The van der Waals surface area contributed by atoms with Gasteiger partial charge in [-0.05, 0) is 63.1 Å². The molecule has 5 nitrogen and oxygen atoms in total. The summed E-state index contributed by atoms with van der Waals surface area (Å²) in [5, 5.41) is 3.00. The Hall–Kier alpha value is -2.64. The highest BCUT2D eigenvalue weighted by Crippen LogP contribution is 2.26. The lowest BCUT2D eigenvalue weighted by molar-refractivity contribution is -0.121. The fraction of sp³-hybridized carbons (Fsp3) is 0.240. The number of amides is 1. The lowest BCUT2D eigenvalue weighted by Crippen LogP contribution is -2.50. The molecule has 0 bridgehead atoms. The Balaban J connectivity index is 1.87. The highest BCUT2D eigenvalue weighted by molar-refractivity contribution is 9.10. The largest absolute Gasteiger partial charge is 0.349 e. The van der Waals surface area contributed by atoms with E-state index in [9.17, 15) is 13.2 Å². The number of anilines is 1. The molecule has 1 amide bonds. The number of carbonyl (C=O) groups excluding carboxylic acids is 1. The molecule has 1 N–H and O–H groups in total. The van der Waals surface area contributed by atoms with Crippen LogP contribution < -0.4 is 9.62 Å². The SMILES string of the molecule is Cc1ccc(S(=O)(=O)N(CC(=O)NC(C)(C)Cc2ccccc2)c2cccc(Br)c2)cc1. The molecule has 0 saturated heterocycles. The first-order valence-electron chi connectivity index (χ1n) is 10.3. The van der Waals surface area contributed by atoms with Gasteiger partial charge in [0.15, 0.2) is 0 Å². The molecule has 0 atom stereocenters. The van der Waals surface area contributed by atoms with Crippen molar-refractivity contribution in [3.05, 3.63) is 94.5 Å². The summed E-state index contributed by atoms with van der Waals surface area (Å²) in [7, 11) is -3.95. The van der Waals surface area contributed by atoms with E-state index in [0.717, 1.165) is 19.9 Å². The lowest BCUT2D eigenvalue weighted by Gasteiger charge is -2.29. The third-order valence-corrected chi connectivity index (χ3v) is 7.24. The van der Waals surface area contributed by atoms with Crippen LogP contribution in [-0.4, -0.2) is 26.4 Å². The normalized spacial score (nSPS) is 11.8. The molecule has 0 aromatic heterocycles. The van der Waals surface area contributed by atoms with Crippen LogP contribution in [0.1, 0.15) is 25.0 Å². The Morgan fingerprint density at radius 3 is 2.25 bits per heavy atom. The highest BCUT2D eigenvalue weighted by Gasteiger charge is 2.29. The molecule has 0 unspecified atom stereocenters. The second-order valence-electron chi connectivity index (χ2n) is 8.40. The molecule has 0 aliphatic carbocycles. The molecule has 168 valence electrons. The van der Waals surface area contributed by atoms with Crippen LogP contribution in [0.15, 0.2) is 88.2 Å². The zero-order valence-corrected chi connectivity index (χ0v) is 20.8. The minimum atomic E-state index is -3.95. The van der Waals surface area contributed by atoms with Gasteiger partial charge in [-0.25, -0.2) is 8.42 Å². The molecule has 3 aromatic carbocycles. The highest BCUT2D eigenvalue weighted by atomic mass is 79.9. The van der Waals surface area contributed by atoms with Gasteiger partial charge in [-0.15, -0.1) is 0 Å². The second kappa shape index (κ2) is 9.88. The number of carbonyl (C=O) groups is 1. The zero-order valence-electron chi connectivity index (χ0n) is 18.4. The maximum atomic E-state index is 13.5. The maximum absolute atomic E-state index is 13.5. The summed E-state index contributed by atoms with van der Waals surface area (Å²) in [6.45, 7) is 5.42. The molecule has 3 rings (SSSR count). The van der Waals surface area contributed by atoms with Gasteiger partial charge in [0.1, 0.15) is 6.54 Å². The van der Waals surface area contributed by atoms with E-state index in [0.29, 0.717) is 12.1 Å². The standard InChI is InChI=1S/C25H27BrN2O3S/c1-19-12-14-23(15-13-19)32(30,31)28(22-11-7-10-21(26)16-22)18-24(29)27-25(2,3)17-20-8-5-4-6-9-20/h4-16H,17-18H2,1-3H3,(H,27,29). The van der Waals surface area contributed by atoms with Gasteiger partial charge in [0.2, 0.25) is 5.91 Å². The van der Waals surface area contributed by atoms with Crippen molar-refractivity contribution >= 4 is 37.5 Å². The van der Waals surface area contributed by atoms with Gasteiger partial charge in [-0.3, -0.25) is 9.10 Å². The lowest BCUT2D eigenvalue weighted by atomic mass is 9.95. The Kier molecular flexibility index (Phi) is 7.41. The van der Waals surface area contributed by atoms with Gasteiger partial charge in [-0.1, -0.05) is 70.0 Å². The van der Waals surface area contributed by atoms with E-state index < -0.39 is 15.6 Å². The predicted octanol–water partition coefficient (Wildman–Crippen LogP) is 5.09. The molecular weight excluding hydrogens is 488 g/mol. The zero-order chi connectivity index (χ0) is 23.4. The van der Waals surface area contributed by atoms with Crippen molar-refractivity contribution in [3.8, 4) is 0 Å². The van der Waals surface area contributed by atoms with E-state index in [-0.39, 0.29) is 17.3 Å². The number of hydrogen-bond donors (Lipinski definition) is 1. The van der Waals surface area contributed by atoms with Gasteiger partial charge in [0.25, 0.3) is 10.0 Å². The van der Waals surface area contributed by atoms with Crippen molar-refractivity contribution < 1.29 is 13.2 Å². The topological polar surface area (TPSA) is 66.5 Å². The molecule has 7 heteroatoms. The minimum absolute atomic E-state index is 0.138. The van der Waals surface area contributed by atoms with Gasteiger partial charge in [0, 0.05) is 10.0 Å². The van der Waals surface area contributed by atoms with Crippen molar-refractivity contribution in [2.75, 3.05) is 10.8 Å². The summed E-state index contributed by atoms with van der Waals surface area (Å²) in [6.07, 6.45) is 0.626. The van der Waals surface area contributed by atoms with Gasteiger partial charge >= 0.3 is 0 Å². The van der Waals surface area contributed by atoms with Crippen molar-refractivity contribution in [2.45, 2.75) is 37.6 Å². The number of aryl methyl sites for hydroxylation is 1. The first-order chi connectivity index (χ1) is 15.1. The van der Waals surface area contributed by atoms with E-state index in [1.165, 1.54) is 0 Å². The van der Waals surface area contributed by atoms with Gasteiger partial charge in [-0.2, -0.15) is 0 Å². The van der Waals surface area contributed by atoms with Crippen LogP contribution in [0.25, 0.3) is 0 Å². The number of halogens is 1. The number of nitrogens with one attached hydrogen (secondary N) is 1. The van der Waals surface area contributed by atoms with E-state index in [4.69, 9.17) is 0 Å². The average Bonchev–Trinajstić information content (AvgIpc) is 2.72. The molecule has 0 fully saturated rings. The Bertz CT molecular complexity index is 1180. The fourth-order valence-electron chi connectivity index (χ4n) is 3.48. The van der Waals surface area contributed by atoms with Gasteiger partial charge in [0.05, 0.1) is 10.6 Å². The second-order valence-corrected chi connectivity index (χ2v) is 11.2. The summed E-state index contributed by atoms with van der Waals surface area (Å²) in [5.41, 5.74) is 1.91. The van der Waals surface area contributed by atoms with Crippen LogP contribution in [0.2, 0.25) is 0 Å².